The van der Waals surface area contributed by atoms with Crippen molar-refractivity contribution in [2.45, 2.75) is 0 Å². The molecule has 8 heteroatoms. The number of amides is 2. The Morgan fingerprint density at radius 3 is 2.63 bits per heavy atom. The summed E-state index contributed by atoms with van der Waals surface area (Å²) in [5.41, 5.74) is 0.759. The predicted molar refractivity (Wildman–Crippen MR) is 100 cm³/mol. The standard InChI is InChI=1S/C19H16N4O4/c1-27-16-10-13(22-19(26)14-5-3-9-21-18(14)25)6-7-15(16)23-17(24)12-4-2-8-20-11-12/h2-11H,1H3,(H,21,25)(H,22,26)(H,23,24). The highest BCUT2D eigenvalue weighted by atomic mass is 16.5. The average molecular weight is 364 g/mol. The first-order valence-corrected chi connectivity index (χ1v) is 7.97. The Morgan fingerprint density at radius 1 is 1.07 bits per heavy atom. The molecule has 0 radical (unpaired) electrons. The number of methoxy groups -OCH3 is 1. The van der Waals surface area contributed by atoms with Gasteiger partial charge in [-0.05, 0) is 36.4 Å². The fourth-order valence-corrected chi connectivity index (χ4v) is 2.36. The summed E-state index contributed by atoms with van der Waals surface area (Å²) < 4.78 is 5.28. The summed E-state index contributed by atoms with van der Waals surface area (Å²) in [5, 5.41) is 5.35. The van der Waals surface area contributed by atoms with Crippen LogP contribution in [0.25, 0.3) is 0 Å². The van der Waals surface area contributed by atoms with Crippen LogP contribution in [0.1, 0.15) is 20.7 Å². The second-order valence-corrected chi connectivity index (χ2v) is 5.48. The lowest BCUT2D eigenvalue weighted by atomic mass is 10.2. The fraction of sp³-hybridized carbons (Fsp3) is 0.0526. The number of pyridine rings is 2. The number of rotatable bonds is 5. The molecule has 8 nitrogen and oxygen atoms in total. The first-order chi connectivity index (χ1) is 13.1. The van der Waals surface area contributed by atoms with Crippen LogP contribution in [0.5, 0.6) is 5.75 Å². The number of aromatic amines is 1. The lowest BCUT2D eigenvalue weighted by molar-refractivity contribution is 0.101. The molecule has 27 heavy (non-hydrogen) atoms. The molecule has 3 N–H and O–H groups in total. The smallest absolute Gasteiger partial charge is 0.261 e. The molecule has 0 saturated heterocycles. The summed E-state index contributed by atoms with van der Waals surface area (Å²) in [6.07, 6.45) is 4.47. The molecule has 2 aromatic heterocycles. The van der Waals surface area contributed by atoms with Crippen molar-refractivity contribution in [2.75, 3.05) is 17.7 Å². The van der Waals surface area contributed by atoms with E-state index in [1.807, 2.05) is 0 Å². The van der Waals surface area contributed by atoms with E-state index >= 15 is 0 Å². The molecule has 0 fully saturated rings. The Morgan fingerprint density at radius 2 is 1.93 bits per heavy atom. The first kappa shape index (κ1) is 17.9. The Labute approximate surface area is 154 Å². The molecule has 0 aliphatic heterocycles. The lowest BCUT2D eigenvalue weighted by Gasteiger charge is -2.12. The summed E-state index contributed by atoms with van der Waals surface area (Å²) in [6, 6.07) is 11.0. The van der Waals surface area contributed by atoms with Crippen molar-refractivity contribution >= 4 is 23.2 Å². The van der Waals surface area contributed by atoms with Gasteiger partial charge in [0.15, 0.2) is 0 Å². The van der Waals surface area contributed by atoms with Crippen LogP contribution in [0.15, 0.2) is 65.8 Å². The number of nitrogens with one attached hydrogen (secondary N) is 3. The molecule has 0 aliphatic rings. The monoisotopic (exact) mass is 364 g/mol. The zero-order valence-electron chi connectivity index (χ0n) is 14.4. The molecule has 0 aliphatic carbocycles. The van der Waals surface area contributed by atoms with E-state index in [4.69, 9.17) is 4.74 Å². The van der Waals surface area contributed by atoms with E-state index in [1.54, 1.807) is 42.6 Å². The van der Waals surface area contributed by atoms with E-state index in [0.29, 0.717) is 22.7 Å². The third kappa shape index (κ3) is 4.18. The maximum atomic E-state index is 12.3. The normalized spacial score (nSPS) is 10.1. The Bertz CT molecular complexity index is 1030. The van der Waals surface area contributed by atoms with Crippen LogP contribution in [0, 0.1) is 0 Å². The van der Waals surface area contributed by atoms with Crippen LogP contribution in [0.2, 0.25) is 0 Å². The van der Waals surface area contributed by atoms with Crippen LogP contribution in [-0.2, 0) is 0 Å². The van der Waals surface area contributed by atoms with Crippen LogP contribution >= 0.6 is 0 Å². The number of H-pyrrole nitrogens is 1. The molecule has 3 aromatic rings. The third-order valence-electron chi connectivity index (χ3n) is 3.69. The van der Waals surface area contributed by atoms with Crippen molar-refractivity contribution in [3.05, 3.63) is 82.5 Å². The average Bonchev–Trinajstić information content (AvgIpc) is 2.70. The Balaban J connectivity index is 1.78. The van der Waals surface area contributed by atoms with Gasteiger partial charge in [-0.15, -0.1) is 0 Å². The van der Waals surface area contributed by atoms with Gasteiger partial charge in [0.2, 0.25) is 0 Å². The Kier molecular flexibility index (Phi) is 5.27. The van der Waals surface area contributed by atoms with E-state index in [2.05, 4.69) is 20.6 Å². The van der Waals surface area contributed by atoms with Gasteiger partial charge in [0.05, 0.1) is 18.4 Å². The van der Waals surface area contributed by atoms with E-state index in [0.717, 1.165) is 0 Å². The Hall–Kier alpha value is -3.94. The van der Waals surface area contributed by atoms with Gasteiger partial charge >= 0.3 is 0 Å². The number of anilines is 2. The SMILES string of the molecule is COc1cc(NC(=O)c2ccc[nH]c2=O)ccc1NC(=O)c1cccnc1. The largest absolute Gasteiger partial charge is 0.494 e. The van der Waals surface area contributed by atoms with Gasteiger partial charge in [0.1, 0.15) is 11.3 Å². The summed E-state index contributed by atoms with van der Waals surface area (Å²) in [6.45, 7) is 0. The zero-order chi connectivity index (χ0) is 19.2. The number of aromatic nitrogens is 2. The molecule has 3 rings (SSSR count). The zero-order valence-corrected chi connectivity index (χ0v) is 14.4. The second-order valence-electron chi connectivity index (χ2n) is 5.48. The molecular formula is C19H16N4O4. The highest BCUT2D eigenvalue weighted by Crippen LogP contribution is 2.28. The summed E-state index contributed by atoms with van der Waals surface area (Å²) in [4.78, 5) is 42.5. The molecular weight excluding hydrogens is 348 g/mol. The third-order valence-corrected chi connectivity index (χ3v) is 3.69. The van der Waals surface area contributed by atoms with Gasteiger partial charge < -0.3 is 20.4 Å². The first-order valence-electron chi connectivity index (χ1n) is 7.97. The molecule has 0 atom stereocenters. The molecule has 0 bridgehead atoms. The van der Waals surface area contributed by atoms with Crippen LogP contribution < -0.4 is 20.9 Å². The maximum absolute atomic E-state index is 12.3. The maximum Gasteiger partial charge on any atom is 0.261 e. The van der Waals surface area contributed by atoms with Gasteiger partial charge in [-0.3, -0.25) is 19.4 Å². The lowest BCUT2D eigenvalue weighted by Crippen LogP contribution is -2.22. The van der Waals surface area contributed by atoms with E-state index in [-0.39, 0.29) is 11.5 Å². The molecule has 2 amide bonds. The van der Waals surface area contributed by atoms with Crippen molar-refractivity contribution in [3.63, 3.8) is 0 Å². The molecule has 0 spiro atoms. The second kappa shape index (κ2) is 7.96. The topological polar surface area (TPSA) is 113 Å². The summed E-state index contributed by atoms with van der Waals surface area (Å²) >= 11 is 0. The van der Waals surface area contributed by atoms with Crippen molar-refractivity contribution in [1.29, 1.82) is 0 Å². The van der Waals surface area contributed by atoms with Crippen LogP contribution in [0.4, 0.5) is 11.4 Å². The summed E-state index contributed by atoms with van der Waals surface area (Å²) in [7, 11) is 1.45. The van der Waals surface area contributed by atoms with Crippen LogP contribution in [-0.4, -0.2) is 28.9 Å². The highest BCUT2D eigenvalue weighted by molar-refractivity contribution is 6.06. The molecule has 136 valence electrons. The van der Waals surface area contributed by atoms with E-state index in [1.165, 1.54) is 25.6 Å². The van der Waals surface area contributed by atoms with Gasteiger partial charge in [0.25, 0.3) is 17.4 Å². The minimum absolute atomic E-state index is 0.00887. The van der Waals surface area contributed by atoms with Crippen molar-refractivity contribution < 1.29 is 14.3 Å². The van der Waals surface area contributed by atoms with Gasteiger partial charge in [-0.2, -0.15) is 0 Å². The van der Waals surface area contributed by atoms with Crippen LogP contribution in [0.3, 0.4) is 0 Å². The quantitative estimate of drug-likeness (QED) is 0.643. The van der Waals surface area contributed by atoms with Crippen molar-refractivity contribution in [3.8, 4) is 5.75 Å². The number of benzene rings is 1. The molecule has 1 aromatic carbocycles. The number of carbonyl (C=O) groups excluding carboxylic acids is 2. The van der Waals surface area contributed by atoms with Gasteiger partial charge in [-0.25, -0.2) is 0 Å². The minimum atomic E-state index is -0.550. The van der Waals surface area contributed by atoms with Crippen molar-refractivity contribution in [2.24, 2.45) is 0 Å². The number of ether oxygens (including phenoxy) is 1. The molecule has 2 heterocycles. The predicted octanol–water partition coefficient (Wildman–Crippen LogP) is 2.28. The van der Waals surface area contributed by atoms with E-state index < -0.39 is 11.5 Å². The molecule has 0 saturated carbocycles. The van der Waals surface area contributed by atoms with Gasteiger partial charge in [0, 0.05) is 30.3 Å². The highest BCUT2D eigenvalue weighted by Gasteiger charge is 2.13. The number of carbonyl (C=O) groups is 2. The van der Waals surface area contributed by atoms with Gasteiger partial charge in [-0.1, -0.05) is 0 Å². The van der Waals surface area contributed by atoms with Crippen molar-refractivity contribution in [1.82, 2.24) is 9.97 Å². The molecule has 0 unspecified atom stereocenters. The number of hydrogen-bond acceptors (Lipinski definition) is 5. The number of hydrogen-bond donors (Lipinski definition) is 3. The van der Waals surface area contributed by atoms with E-state index in [9.17, 15) is 14.4 Å². The number of nitrogens with zero attached hydrogens (tertiary/aromatic N) is 1. The fourth-order valence-electron chi connectivity index (χ4n) is 2.36. The summed E-state index contributed by atoms with van der Waals surface area (Å²) in [5.74, 6) is -0.535. The minimum Gasteiger partial charge on any atom is -0.494 e.